The predicted molar refractivity (Wildman–Crippen MR) is 88.3 cm³/mol. The Bertz CT molecular complexity index is 348. The second-order valence-electron chi connectivity index (χ2n) is 6.07. The van der Waals surface area contributed by atoms with Crippen LogP contribution >= 0.6 is 15.9 Å². The monoisotopic (exact) mass is 325 g/mol. The maximum atomic E-state index is 3.75. The van der Waals surface area contributed by atoms with Crippen LogP contribution in [0.25, 0.3) is 0 Å². The topological polar surface area (TPSA) is 12.0 Å². The molecule has 1 nitrogen and oxygen atoms in total. The molecule has 0 aliphatic heterocycles. The molecule has 1 atom stereocenters. The Hall–Kier alpha value is -0.340. The van der Waals surface area contributed by atoms with Gasteiger partial charge in [-0.1, -0.05) is 62.7 Å². The minimum atomic E-state index is 0.466. The van der Waals surface area contributed by atoms with Gasteiger partial charge in [-0.3, -0.25) is 0 Å². The zero-order valence-electron chi connectivity index (χ0n) is 12.9. The van der Waals surface area contributed by atoms with E-state index in [-0.39, 0.29) is 0 Å². The maximum Gasteiger partial charge on any atom is 0.0317 e. The normalized spacial score (nSPS) is 13.5. The molecule has 0 aromatic heterocycles. The zero-order chi connectivity index (χ0) is 14.4. The molecule has 1 rings (SSSR count). The second kappa shape index (κ2) is 8.06. The van der Waals surface area contributed by atoms with Crippen LogP contribution in [0, 0.1) is 17.8 Å². The van der Waals surface area contributed by atoms with Crippen LogP contribution in [-0.2, 0) is 0 Å². The Labute approximate surface area is 127 Å². The largest absolute Gasteiger partial charge is 0.310 e. The summed E-state index contributed by atoms with van der Waals surface area (Å²) in [6.07, 6.45) is 1.13. The third-order valence-corrected chi connectivity index (χ3v) is 4.52. The molecule has 0 saturated heterocycles. The Kier molecular flexibility index (Phi) is 7.09. The fraction of sp³-hybridized carbons (Fsp3) is 0.647. The average molecular weight is 326 g/mol. The molecular weight excluding hydrogens is 298 g/mol. The maximum absolute atomic E-state index is 3.75. The molecule has 0 fully saturated rings. The standard InChI is InChI=1S/C17H28BrN/c1-6-17(14-7-9-15(18)10-8-14)19-11-16(12(2)3)13(4)5/h7-10,12-13,16-17,19H,6,11H2,1-5H3. The van der Waals surface area contributed by atoms with Crippen molar-refractivity contribution in [1.29, 1.82) is 0 Å². The zero-order valence-corrected chi connectivity index (χ0v) is 14.5. The van der Waals surface area contributed by atoms with E-state index in [2.05, 4.69) is 80.1 Å². The lowest BCUT2D eigenvalue weighted by atomic mass is 9.85. The van der Waals surface area contributed by atoms with E-state index in [4.69, 9.17) is 0 Å². The molecule has 0 aliphatic carbocycles. The fourth-order valence-corrected chi connectivity index (χ4v) is 2.98. The van der Waals surface area contributed by atoms with Gasteiger partial charge in [-0.05, 0) is 48.4 Å². The Morgan fingerprint density at radius 1 is 1.00 bits per heavy atom. The van der Waals surface area contributed by atoms with Crippen LogP contribution in [0.1, 0.15) is 52.6 Å². The molecule has 1 N–H and O–H groups in total. The molecule has 19 heavy (non-hydrogen) atoms. The van der Waals surface area contributed by atoms with Crippen LogP contribution in [0.5, 0.6) is 0 Å². The van der Waals surface area contributed by atoms with E-state index < -0.39 is 0 Å². The molecule has 1 aromatic rings. The minimum absolute atomic E-state index is 0.466. The van der Waals surface area contributed by atoms with Gasteiger partial charge in [-0.15, -0.1) is 0 Å². The van der Waals surface area contributed by atoms with Crippen molar-refractivity contribution >= 4 is 15.9 Å². The van der Waals surface area contributed by atoms with E-state index in [0.29, 0.717) is 6.04 Å². The first kappa shape index (κ1) is 16.7. The Morgan fingerprint density at radius 2 is 1.53 bits per heavy atom. The van der Waals surface area contributed by atoms with Gasteiger partial charge in [0.05, 0.1) is 0 Å². The number of rotatable bonds is 7. The first-order chi connectivity index (χ1) is 8.95. The summed E-state index contributed by atoms with van der Waals surface area (Å²) in [5.74, 6) is 2.20. The van der Waals surface area contributed by atoms with Gasteiger partial charge in [0.2, 0.25) is 0 Å². The summed E-state index contributed by atoms with van der Waals surface area (Å²) in [6, 6.07) is 9.15. The molecule has 0 spiro atoms. The molecule has 1 aromatic carbocycles. The van der Waals surface area contributed by atoms with Gasteiger partial charge in [-0.25, -0.2) is 0 Å². The van der Waals surface area contributed by atoms with E-state index in [0.717, 1.165) is 35.2 Å². The number of halogens is 1. The fourth-order valence-electron chi connectivity index (χ4n) is 2.71. The van der Waals surface area contributed by atoms with Gasteiger partial charge >= 0.3 is 0 Å². The van der Waals surface area contributed by atoms with Crippen LogP contribution in [0.15, 0.2) is 28.7 Å². The van der Waals surface area contributed by atoms with Gasteiger partial charge in [0.1, 0.15) is 0 Å². The molecule has 108 valence electrons. The Morgan fingerprint density at radius 3 is 1.95 bits per heavy atom. The Balaban J connectivity index is 2.64. The smallest absolute Gasteiger partial charge is 0.0317 e. The number of hydrogen-bond acceptors (Lipinski definition) is 1. The molecular formula is C17H28BrN. The third-order valence-electron chi connectivity index (χ3n) is 3.99. The summed E-state index contributed by atoms with van der Waals surface area (Å²) in [5, 5.41) is 3.75. The highest BCUT2D eigenvalue weighted by molar-refractivity contribution is 9.10. The molecule has 0 heterocycles. The number of benzene rings is 1. The molecule has 1 unspecified atom stereocenters. The predicted octanol–water partition coefficient (Wildman–Crippen LogP) is 5.42. The van der Waals surface area contributed by atoms with Crippen molar-refractivity contribution in [1.82, 2.24) is 5.32 Å². The van der Waals surface area contributed by atoms with Crippen molar-refractivity contribution in [2.45, 2.75) is 47.1 Å². The van der Waals surface area contributed by atoms with Gasteiger partial charge in [0.25, 0.3) is 0 Å². The van der Waals surface area contributed by atoms with Crippen molar-refractivity contribution in [2.24, 2.45) is 17.8 Å². The molecule has 0 radical (unpaired) electrons. The van der Waals surface area contributed by atoms with Gasteiger partial charge in [-0.2, -0.15) is 0 Å². The summed E-state index contributed by atoms with van der Waals surface area (Å²) in [6.45, 7) is 12.7. The third kappa shape index (κ3) is 5.27. The lowest BCUT2D eigenvalue weighted by Crippen LogP contribution is -2.32. The van der Waals surface area contributed by atoms with Gasteiger partial charge < -0.3 is 5.32 Å². The van der Waals surface area contributed by atoms with Crippen molar-refractivity contribution < 1.29 is 0 Å². The second-order valence-corrected chi connectivity index (χ2v) is 6.99. The minimum Gasteiger partial charge on any atom is -0.310 e. The van der Waals surface area contributed by atoms with Crippen LogP contribution in [-0.4, -0.2) is 6.54 Å². The van der Waals surface area contributed by atoms with Crippen molar-refractivity contribution in [3.8, 4) is 0 Å². The quantitative estimate of drug-likeness (QED) is 0.705. The van der Waals surface area contributed by atoms with Crippen LogP contribution in [0.2, 0.25) is 0 Å². The highest BCUT2D eigenvalue weighted by atomic mass is 79.9. The van der Waals surface area contributed by atoms with E-state index in [1.54, 1.807) is 0 Å². The van der Waals surface area contributed by atoms with Crippen LogP contribution in [0.3, 0.4) is 0 Å². The number of nitrogens with one attached hydrogen (secondary N) is 1. The first-order valence-electron chi connectivity index (χ1n) is 7.44. The summed E-state index contributed by atoms with van der Waals surface area (Å²) >= 11 is 3.50. The summed E-state index contributed by atoms with van der Waals surface area (Å²) in [7, 11) is 0. The molecule has 0 saturated carbocycles. The average Bonchev–Trinajstić information content (AvgIpc) is 2.35. The molecule has 2 heteroatoms. The molecule has 0 amide bonds. The van der Waals surface area contributed by atoms with Crippen LogP contribution in [0.4, 0.5) is 0 Å². The molecule has 0 bridgehead atoms. The van der Waals surface area contributed by atoms with Crippen molar-refractivity contribution in [3.63, 3.8) is 0 Å². The van der Waals surface area contributed by atoms with Crippen LogP contribution < -0.4 is 5.32 Å². The number of hydrogen-bond donors (Lipinski definition) is 1. The summed E-state index contributed by atoms with van der Waals surface area (Å²) < 4.78 is 1.15. The lowest BCUT2D eigenvalue weighted by Gasteiger charge is -2.28. The van der Waals surface area contributed by atoms with Gasteiger partial charge in [0.15, 0.2) is 0 Å². The lowest BCUT2D eigenvalue weighted by molar-refractivity contribution is 0.264. The summed E-state index contributed by atoms with van der Waals surface area (Å²) in [5.41, 5.74) is 1.39. The highest BCUT2D eigenvalue weighted by Crippen LogP contribution is 2.23. The SMILES string of the molecule is CCC(NCC(C(C)C)C(C)C)c1ccc(Br)cc1. The van der Waals surface area contributed by atoms with E-state index in [1.807, 2.05) is 0 Å². The van der Waals surface area contributed by atoms with E-state index in [9.17, 15) is 0 Å². The summed E-state index contributed by atoms with van der Waals surface area (Å²) in [4.78, 5) is 0. The van der Waals surface area contributed by atoms with E-state index in [1.165, 1.54) is 5.56 Å². The van der Waals surface area contributed by atoms with Gasteiger partial charge in [0, 0.05) is 10.5 Å². The first-order valence-corrected chi connectivity index (χ1v) is 8.23. The highest BCUT2D eigenvalue weighted by Gasteiger charge is 2.19. The molecule has 0 aliphatic rings. The van der Waals surface area contributed by atoms with Crippen molar-refractivity contribution in [3.05, 3.63) is 34.3 Å². The van der Waals surface area contributed by atoms with Crippen molar-refractivity contribution in [2.75, 3.05) is 6.54 Å². The van der Waals surface area contributed by atoms with E-state index >= 15 is 0 Å².